The summed E-state index contributed by atoms with van der Waals surface area (Å²) in [5.41, 5.74) is 0. The Morgan fingerprint density at radius 2 is 1.32 bits per heavy atom. The van der Waals surface area contributed by atoms with E-state index in [4.69, 9.17) is 5.11 Å². The van der Waals surface area contributed by atoms with Gasteiger partial charge in [0.1, 0.15) is 0 Å². The molecule has 0 aliphatic heterocycles. The molecule has 0 radical (unpaired) electrons. The molecular formula is C17H34NNaO5S. The van der Waals surface area contributed by atoms with Crippen LogP contribution in [0.3, 0.4) is 0 Å². The normalized spacial score (nSPS) is 11.5. The molecule has 25 heavy (non-hydrogen) atoms. The average Bonchev–Trinajstić information content (AvgIpc) is 2.47. The van der Waals surface area contributed by atoms with Crippen molar-refractivity contribution in [2.75, 3.05) is 25.4 Å². The molecule has 0 atom stereocenters. The number of carboxylic acid groups (broad SMARTS) is 1. The molecule has 6 nitrogen and oxygen atoms in total. The van der Waals surface area contributed by atoms with Crippen molar-refractivity contribution in [3.8, 4) is 0 Å². The molecule has 0 heterocycles. The summed E-state index contributed by atoms with van der Waals surface area (Å²) in [5, 5.41) is 8.88. The quantitative estimate of drug-likeness (QED) is 0.218. The van der Waals surface area contributed by atoms with Crippen LogP contribution in [0.1, 0.15) is 77.6 Å². The van der Waals surface area contributed by atoms with Gasteiger partial charge in [-0.1, -0.05) is 64.7 Å². The topological polar surface area (TPSA) is 97.7 Å². The summed E-state index contributed by atoms with van der Waals surface area (Å²) in [6, 6.07) is 0. The summed E-state index contributed by atoms with van der Waals surface area (Å²) in [4.78, 5) is 12.6. The van der Waals surface area contributed by atoms with Crippen LogP contribution in [0.15, 0.2) is 0 Å². The third kappa shape index (κ3) is 22.3. The Hall–Kier alpha value is 0.340. The second-order valence-electron chi connectivity index (χ2n) is 6.47. The minimum atomic E-state index is -4.22. The maximum atomic E-state index is 10.8. The third-order valence-corrected chi connectivity index (χ3v) is 4.84. The monoisotopic (exact) mass is 387 g/mol. The molecular weight excluding hydrogens is 353 g/mol. The predicted molar refractivity (Wildman–Crippen MR) is 95.1 cm³/mol. The molecule has 0 spiro atoms. The van der Waals surface area contributed by atoms with Gasteiger partial charge in [-0.15, -0.1) is 0 Å². The molecule has 0 aromatic carbocycles. The molecule has 0 saturated carbocycles. The Morgan fingerprint density at radius 1 is 0.880 bits per heavy atom. The van der Waals surface area contributed by atoms with Crippen molar-refractivity contribution in [1.82, 2.24) is 4.90 Å². The molecule has 8 heteroatoms. The van der Waals surface area contributed by atoms with Gasteiger partial charge in [0.2, 0.25) is 0 Å². The van der Waals surface area contributed by atoms with E-state index in [0.717, 1.165) is 19.3 Å². The first-order chi connectivity index (χ1) is 11.3. The van der Waals surface area contributed by atoms with Gasteiger partial charge in [0.15, 0.2) is 0 Å². The summed E-state index contributed by atoms with van der Waals surface area (Å²) in [6.45, 7) is 3.09. The minimum Gasteiger partial charge on any atom is -0.748 e. The fourth-order valence-electron chi connectivity index (χ4n) is 2.75. The SMILES string of the molecule is CCCCCCCCCCCCN(CCCS(=O)(=O)[O-])CC(=O)O.[Na+]. The Kier molecular flexibility index (Phi) is 19.6. The molecule has 0 bridgehead atoms. The van der Waals surface area contributed by atoms with Gasteiger partial charge in [-0.05, 0) is 25.9 Å². The van der Waals surface area contributed by atoms with Crippen molar-refractivity contribution in [2.24, 2.45) is 0 Å². The number of carboxylic acids is 1. The van der Waals surface area contributed by atoms with E-state index in [1.54, 1.807) is 4.90 Å². The van der Waals surface area contributed by atoms with Crippen molar-refractivity contribution in [3.05, 3.63) is 0 Å². The number of rotatable bonds is 17. The van der Waals surface area contributed by atoms with Crippen LogP contribution < -0.4 is 29.6 Å². The zero-order chi connectivity index (χ0) is 18.3. The maximum Gasteiger partial charge on any atom is 1.00 e. The molecule has 0 rings (SSSR count). The van der Waals surface area contributed by atoms with Crippen LogP contribution in [0, 0.1) is 0 Å². The zero-order valence-electron chi connectivity index (χ0n) is 16.0. The number of nitrogens with zero attached hydrogens (tertiary/aromatic N) is 1. The van der Waals surface area contributed by atoms with Crippen LogP contribution in [-0.4, -0.2) is 54.3 Å². The van der Waals surface area contributed by atoms with Crippen molar-refractivity contribution in [2.45, 2.75) is 77.6 Å². The molecule has 0 saturated heterocycles. The summed E-state index contributed by atoms with van der Waals surface area (Å²) in [5.74, 6) is -1.35. The average molecular weight is 388 g/mol. The zero-order valence-corrected chi connectivity index (χ0v) is 18.9. The molecule has 0 amide bonds. The Bertz CT molecular complexity index is 417. The molecule has 0 aliphatic rings. The van der Waals surface area contributed by atoms with Gasteiger partial charge >= 0.3 is 35.5 Å². The fourth-order valence-corrected chi connectivity index (χ4v) is 3.23. The van der Waals surface area contributed by atoms with Crippen molar-refractivity contribution >= 4 is 16.1 Å². The van der Waals surface area contributed by atoms with Gasteiger partial charge in [0.25, 0.3) is 0 Å². The molecule has 0 fully saturated rings. The first kappa shape index (κ1) is 27.6. The molecule has 1 N–H and O–H groups in total. The van der Waals surface area contributed by atoms with Crippen LogP contribution in [0.5, 0.6) is 0 Å². The van der Waals surface area contributed by atoms with Crippen molar-refractivity contribution in [3.63, 3.8) is 0 Å². The molecule has 144 valence electrons. The fraction of sp³-hybridized carbons (Fsp3) is 0.941. The molecule has 0 aromatic heterocycles. The van der Waals surface area contributed by atoms with E-state index >= 15 is 0 Å². The van der Waals surface area contributed by atoms with E-state index in [1.807, 2.05) is 0 Å². The summed E-state index contributed by atoms with van der Waals surface area (Å²) >= 11 is 0. The Morgan fingerprint density at radius 3 is 1.76 bits per heavy atom. The van der Waals surface area contributed by atoms with Gasteiger partial charge in [0.05, 0.1) is 16.7 Å². The van der Waals surface area contributed by atoms with Crippen molar-refractivity contribution in [1.29, 1.82) is 0 Å². The molecule has 0 aliphatic carbocycles. The van der Waals surface area contributed by atoms with Gasteiger partial charge in [-0.3, -0.25) is 9.69 Å². The Balaban J connectivity index is 0. The van der Waals surface area contributed by atoms with E-state index in [1.165, 1.54) is 44.9 Å². The smallest absolute Gasteiger partial charge is 0.748 e. The summed E-state index contributed by atoms with van der Waals surface area (Å²) in [6.07, 6.45) is 12.4. The molecule has 0 aromatic rings. The summed E-state index contributed by atoms with van der Waals surface area (Å²) < 4.78 is 31.8. The van der Waals surface area contributed by atoms with Gasteiger partial charge < -0.3 is 9.66 Å². The number of hydrogen-bond donors (Lipinski definition) is 1. The Labute approximate surface area is 175 Å². The minimum absolute atomic E-state index is 0. The van der Waals surface area contributed by atoms with E-state index in [2.05, 4.69) is 6.92 Å². The van der Waals surface area contributed by atoms with Crippen LogP contribution in [0.2, 0.25) is 0 Å². The van der Waals surface area contributed by atoms with Crippen LogP contribution in [0.4, 0.5) is 0 Å². The van der Waals surface area contributed by atoms with Crippen LogP contribution >= 0.6 is 0 Å². The largest absolute Gasteiger partial charge is 1.00 e. The number of hydrogen-bond acceptors (Lipinski definition) is 5. The van der Waals surface area contributed by atoms with E-state index < -0.39 is 21.8 Å². The van der Waals surface area contributed by atoms with Gasteiger partial charge in [-0.2, -0.15) is 0 Å². The summed E-state index contributed by atoms with van der Waals surface area (Å²) in [7, 11) is -4.22. The number of unbranched alkanes of at least 4 members (excludes halogenated alkanes) is 9. The van der Waals surface area contributed by atoms with Gasteiger partial charge in [-0.25, -0.2) is 8.42 Å². The predicted octanol–water partition coefficient (Wildman–Crippen LogP) is 0.233. The number of aliphatic carboxylic acids is 1. The first-order valence-corrected chi connectivity index (χ1v) is 10.8. The van der Waals surface area contributed by atoms with Gasteiger partial charge in [0, 0.05) is 5.75 Å². The first-order valence-electron chi connectivity index (χ1n) is 9.23. The van der Waals surface area contributed by atoms with Crippen molar-refractivity contribution < 1.29 is 52.4 Å². The van der Waals surface area contributed by atoms with Crippen LogP contribution in [-0.2, 0) is 14.9 Å². The van der Waals surface area contributed by atoms with E-state index in [-0.39, 0.29) is 42.5 Å². The second-order valence-corrected chi connectivity index (χ2v) is 7.99. The van der Waals surface area contributed by atoms with E-state index in [9.17, 15) is 17.8 Å². The van der Waals surface area contributed by atoms with E-state index in [0.29, 0.717) is 13.1 Å². The van der Waals surface area contributed by atoms with Crippen LogP contribution in [0.25, 0.3) is 0 Å². The molecule has 0 unspecified atom stereocenters. The number of carbonyl (C=O) groups is 1. The maximum absolute atomic E-state index is 10.8. The second kappa shape index (κ2) is 17.7. The standard InChI is InChI=1S/C17H35NO5S.Na/c1-2-3-4-5-6-7-8-9-10-11-13-18(16-17(19)20)14-12-15-24(21,22)23;/h2-16H2,1H3,(H,19,20)(H,21,22,23);/q;+1/p-1. The third-order valence-electron chi connectivity index (χ3n) is 4.06.